The molecule has 2 N–H and O–H groups in total. The Morgan fingerprint density at radius 3 is 2.41 bits per heavy atom. The number of rotatable bonds is 3. The maximum absolute atomic E-state index is 14.0. The van der Waals surface area contributed by atoms with Crippen molar-refractivity contribution < 1.29 is 9.90 Å². The van der Waals surface area contributed by atoms with Crippen molar-refractivity contribution in [2.75, 3.05) is 4.90 Å². The quantitative estimate of drug-likeness (QED) is 0.411. The molecule has 0 saturated heterocycles. The summed E-state index contributed by atoms with van der Waals surface area (Å²) in [5.74, 6) is -0.320. The summed E-state index contributed by atoms with van der Waals surface area (Å²) in [6, 6.07) is 29.7. The van der Waals surface area contributed by atoms with Gasteiger partial charge in [-0.15, -0.1) is 0 Å². The summed E-state index contributed by atoms with van der Waals surface area (Å²) in [5, 5.41) is 15.2. The lowest BCUT2D eigenvalue weighted by atomic mass is 9.85. The minimum Gasteiger partial charge on any atom is -0.372 e. The minimum absolute atomic E-state index is 0.320. The number of aromatic amines is 1. The smallest absolute Gasteiger partial charge is 0.268 e. The Morgan fingerprint density at radius 1 is 0.844 bits per heavy atom. The molecule has 0 aliphatic carbocycles. The van der Waals surface area contributed by atoms with E-state index in [-0.39, 0.29) is 5.91 Å². The highest BCUT2D eigenvalue weighted by Gasteiger charge is 2.52. The molecule has 0 spiro atoms. The molecule has 4 heteroatoms. The minimum atomic E-state index is -1.75. The van der Waals surface area contributed by atoms with Crippen LogP contribution in [0.25, 0.3) is 21.7 Å². The van der Waals surface area contributed by atoms with Gasteiger partial charge in [-0.25, -0.2) is 0 Å². The standard InChI is InChI=1S/C28H22N2O2/c1-18-26(22-13-4-6-15-24(22)29-18)28(32)23-14-5-7-16-25(23)30(27(28)31)17-20-11-8-10-19-9-2-3-12-21(19)20/h2-16,29,32H,17H2,1H3/t28-/m0/s1. The number of anilines is 1. The van der Waals surface area contributed by atoms with Gasteiger partial charge in [-0.3, -0.25) is 4.79 Å². The van der Waals surface area contributed by atoms with Crippen molar-refractivity contribution in [2.24, 2.45) is 0 Å². The van der Waals surface area contributed by atoms with Crippen molar-refractivity contribution in [3.63, 3.8) is 0 Å². The summed E-state index contributed by atoms with van der Waals surface area (Å²) in [5.41, 5.74) is 3.01. The Hall–Kier alpha value is -3.89. The lowest BCUT2D eigenvalue weighted by Crippen LogP contribution is -2.41. The maximum atomic E-state index is 14.0. The van der Waals surface area contributed by atoms with E-state index in [1.54, 1.807) is 4.90 Å². The van der Waals surface area contributed by atoms with E-state index >= 15 is 0 Å². The fourth-order valence-corrected chi connectivity index (χ4v) is 5.18. The van der Waals surface area contributed by atoms with Gasteiger partial charge in [-0.1, -0.05) is 78.9 Å². The van der Waals surface area contributed by atoms with Crippen LogP contribution in [0, 0.1) is 6.92 Å². The molecule has 1 aliphatic rings. The van der Waals surface area contributed by atoms with Crippen LogP contribution >= 0.6 is 0 Å². The Balaban J connectivity index is 1.54. The van der Waals surface area contributed by atoms with Crippen molar-refractivity contribution in [1.29, 1.82) is 0 Å². The van der Waals surface area contributed by atoms with Crippen LogP contribution in [0.5, 0.6) is 0 Å². The van der Waals surface area contributed by atoms with E-state index in [0.717, 1.165) is 38.6 Å². The molecule has 5 aromatic rings. The first-order valence-corrected chi connectivity index (χ1v) is 10.8. The highest BCUT2D eigenvalue weighted by molar-refractivity contribution is 6.11. The molecule has 2 heterocycles. The molecule has 4 aromatic carbocycles. The molecule has 32 heavy (non-hydrogen) atoms. The van der Waals surface area contributed by atoms with E-state index in [0.29, 0.717) is 17.7 Å². The third-order valence-electron chi connectivity index (χ3n) is 6.60. The Kier molecular flexibility index (Phi) is 4.01. The fourth-order valence-electron chi connectivity index (χ4n) is 5.18. The number of hydrogen-bond donors (Lipinski definition) is 2. The van der Waals surface area contributed by atoms with E-state index < -0.39 is 5.60 Å². The normalized spacial score (nSPS) is 17.9. The number of hydrogen-bond acceptors (Lipinski definition) is 2. The Labute approximate surface area is 185 Å². The Morgan fingerprint density at radius 2 is 1.53 bits per heavy atom. The molecular formula is C28H22N2O2. The first-order chi connectivity index (χ1) is 15.6. The number of aliphatic hydroxyl groups is 1. The molecule has 0 fully saturated rings. The SMILES string of the molecule is Cc1[nH]c2ccccc2c1[C@]1(O)C(=O)N(Cc2cccc3ccccc23)c2ccccc21. The average Bonchev–Trinajstić information content (AvgIpc) is 3.27. The van der Waals surface area contributed by atoms with E-state index in [9.17, 15) is 9.90 Å². The molecular weight excluding hydrogens is 396 g/mol. The second-order valence-corrected chi connectivity index (χ2v) is 8.43. The van der Waals surface area contributed by atoms with Crippen LogP contribution in [0.3, 0.4) is 0 Å². The second-order valence-electron chi connectivity index (χ2n) is 8.43. The van der Waals surface area contributed by atoms with Crippen LogP contribution in [0.2, 0.25) is 0 Å². The molecule has 1 aromatic heterocycles. The predicted octanol–water partition coefficient (Wildman–Crippen LogP) is 5.41. The van der Waals surface area contributed by atoms with Crippen LogP contribution in [0.4, 0.5) is 5.69 Å². The van der Waals surface area contributed by atoms with Gasteiger partial charge in [0.1, 0.15) is 0 Å². The van der Waals surface area contributed by atoms with Gasteiger partial charge in [0.05, 0.1) is 12.2 Å². The zero-order valence-electron chi connectivity index (χ0n) is 17.7. The zero-order chi connectivity index (χ0) is 21.9. The number of para-hydroxylation sites is 2. The molecule has 1 amide bonds. The van der Waals surface area contributed by atoms with Crippen LogP contribution in [0.1, 0.15) is 22.4 Å². The summed E-state index contributed by atoms with van der Waals surface area (Å²) in [4.78, 5) is 19.0. The number of nitrogens with zero attached hydrogens (tertiary/aromatic N) is 1. The number of aromatic nitrogens is 1. The lowest BCUT2D eigenvalue weighted by molar-refractivity contribution is -0.132. The predicted molar refractivity (Wildman–Crippen MR) is 128 cm³/mol. The van der Waals surface area contributed by atoms with Crippen molar-refractivity contribution in [3.05, 3.63) is 113 Å². The van der Waals surface area contributed by atoms with Gasteiger partial charge in [0, 0.05) is 27.7 Å². The highest BCUT2D eigenvalue weighted by Crippen LogP contribution is 2.48. The van der Waals surface area contributed by atoms with Crippen molar-refractivity contribution >= 4 is 33.3 Å². The van der Waals surface area contributed by atoms with Crippen molar-refractivity contribution in [3.8, 4) is 0 Å². The summed E-state index contributed by atoms with van der Waals surface area (Å²) < 4.78 is 0. The van der Waals surface area contributed by atoms with Crippen molar-refractivity contribution in [2.45, 2.75) is 19.1 Å². The van der Waals surface area contributed by atoms with E-state index in [1.165, 1.54) is 0 Å². The summed E-state index contributed by atoms with van der Waals surface area (Å²) >= 11 is 0. The molecule has 1 aliphatic heterocycles. The molecule has 4 nitrogen and oxygen atoms in total. The number of nitrogens with one attached hydrogen (secondary N) is 1. The topological polar surface area (TPSA) is 56.3 Å². The number of benzene rings is 4. The van der Waals surface area contributed by atoms with E-state index in [4.69, 9.17) is 0 Å². The largest absolute Gasteiger partial charge is 0.372 e. The first kappa shape index (κ1) is 18.8. The molecule has 0 bridgehead atoms. The number of fused-ring (bicyclic) bond motifs is 3. The molecule has 6 rings (SSSR count). The van der Waals surface area contributed by atoms with Gasteiger partial charge < -0.3 is 15.0 Å². The lowest BCUT2D eigenvalue weighted by Gasteiger charge is -2.24. The van der Waals surface area contributed by atoms with Gasteiger partial charge in [0.2, 0.25) is 0 Å². The average molecular weight is 418 g/mol. The number of carbonyl (C=O) groups excluding carboxylic acids is 1. The monoisotopic (exact) mass is 418 g/mol. The maximum Gasteiger partial charge on any atom is 0.268 e. The molecule has 0 radical (unpaired) electrons. The van der Waals surface area contributed by atoms with Crippen LogP contribution in [-0.4, -0.2) is 16.0 Å². The highest BCUT2D eigenvalue weighted by atomic mass is 16.3. The number of H-pyrrole nitrogens is 1. The number of carbonyl (C=O) groups is 1. The molecule has 156 valence electrons. The van der Waals surface area contributed by atoms with Gasteiger partial charge in [-0.2, -0.15) is 0 Å². The third kappa shape index (κ3) is 2.50. The van der Waals surface area contributed by atoms with E-state index in [1.807, 2.05) is 79.7 Å². The van der Waals surface area contributed by atoms with Crippen LogP contribution in [0.15, 0.2) is 91.0 Å². The fraction of sp³-hybridized carbons (Fsp3) is 0.107. The zero-order valence-corrected chi connectivity index (χ0v) is 17.7. The van der Waals surface area contributed by atoms with Gasteiger partial charge in [-0.05, 0) is 35.4 Å². The summed E-state index contributed by atoms with van der Waals surface area (Å²) in [7, 11) is 0. The molecule has 1 atom stereocenters. The second kappa shape index (κ2) is 6.81. The van der Waals surface area contributed by atoms with E-state index in [2.05, 4.69) is 23.2 Å². The van der Waals surface area contributed by atoms with Crippen LogP contribution < -0.4 is 4.90 Å². The number of aryl methyl sites for hydroxylation is 1. The molecule has 0 saturated carbocycles. The van der Waals surface area contributed by atoms with Gasteiger partial charge >= 0.3 is 0 Å². The van der Waals surface area contributed by atoms with Crippen molar-refractivity contribution in [1.82, 2.24) is 4.98 Å². The summed E-state index contributed by atoms with van der Waals surface area (Å²) in [6.07, 6.45) is 0. The van der Waals surface area contributed by atoms with Crippen LogP contribution in [-0.2, 0) is 16.9 Å². The Bertz CT molecular complexity index is 1510. The molecule has 0 unspecified atom stereocenters. The third-order valence-corrected chi connectivity index (χ3v) is 6.60. The first-order valence-electron chi connectivity index (χ1n) is 10.8. The van der Waals surface area contributed by atoms with Gasteiger partial charge in [0.15, 0.2) is 5.60 Å². The van der Waals surface area contributed by atoms with Gasteiger partial charge in [0.25, 0.3) is 5.91 Å². The summed E-state index contributed by atoms with van der Waals surface area (Å²) in [6.45, 7) is 2.30. The number of amides is 1.